The van der Waals surface area contributed by atoms with Crippen LogP contribution in [0.1, 0.15) is 88.0 Å². The number of hydrogen-bond donors (Lipinski definition) is 3. The van der Waals surface area contributed by atoms with Crippen molar-refractivity contribution in [3.8, 4) is 0 Å². The summed E-state index contributed by atoms with van der Waals surface area (Å²) in [4.78, 5) is 68.0. The maximum Gasteiger partial charge on any atom is 0.429 e. The topological polar surface area (TPSA) is 137 Å². The van der Waals surface area contributed by atoms with E-state index in [1.54, 1.807) is 20.8 Å². The van der Waals surface area contributed by atoms with Gasteiger partial charge >= 0.3 is 6.09 Å². The van der Waals surface area contributed by atoms with E-state index >= 15 is 0 Å². The van der Waals surface area contributed by atoms with Crippen LogP contribution in [0, 0.1) is 29.1 Å². The normalized spacial score (nSPS) is 29.5. The zero-order valence-corrected chi connectivity index (χ0v) is 26.4. The number of hydrogen-bond acceptors (Lipinski definition) is 6. The molecule has 0 spiro atoms. The summed E-state index contributed by atoms with van der Waals surface area (Å²) in [7, 11) is 0. The van der Waals surface area contributed by atoms with Gasteiger partial charge in [0.2, 0.25) is 11.8 Å². The second-order valence-electron chi connectivity index (χ2n) is 15.0. The Morgan fingerprint density at radius 3 is 2.29 bits per heavy atom. The molecule has 4 rings (SSSR count). The van der Waals surface area contributed by atoms with E-state index < -0.39 is 58.6 Å². The van der Waals surface area contributed by atoms with Crippen LogP contribution in [0.4, 0.5) is 9.18 Å². The largest absolute Gasteiger partial charge is 0.442 e. The third kappa shape index (κ3) is 6.37. The van der Waals surface area contributed by atoms with Gasteiger partial charge in [0.1, 0.15) is 17.7 Å². The van der Waals surface area contributed by atoms with Crippen molar-refractivity contribution in [1.82, 2.24) is 26.0 Å². The fraction of sp³-hybridized carbons (Fsp3) is 0.833. The Morgan fingerprint density at radius 1 is 1.17 bits per heavy atom. The second-order valence-corrected chi connectivity index (χ2v) is 15.0. The van der Waals surface area contributed by atoms with Crippen LogP contribution >= 0.6 is 0 Å². The zero-order chi connectivity index (χ0) is 31.6. The summed E-state index contributed by atoms with van der Waals surface area (Å²) in [6.07, 6.45) is 0.469. The monoisotopic (exact) mass is 593 g/mol. The first-order chi connectivity index (χ1) is 19.2. The summed E-state index contributed by atoms with van der Waals surface area (Å²) in [5.41, 5.74) is -0.770. The molecule has 3 N–H and O–H groups in total. The molecule has 2 aliphatic carbocycles. The van der Waals surface area contributed by atoms with Crippen LogP contribution < -0.4 is 16.1 Å². The summed E-state index contributed by atoms with van der Waals surface area (Å²) in [5, 5.41) is 6.58. The lowest BCUT2D eigenvalue weighted by Gasteiger charge is -2.36. The first-order valence-electron chi connectivity index (χ1n) is 15.1. The predicted molar refractivity (Wildman–Crippen MR) is 152 cm³/mol. The Balaban J connectivity index is 1.57. The predicted octanol–water partition coefficient (Wildman–Crippen LogP) is 2.69. The molecule has 0 bridgehead atoms. The van der Waals surface area contributed by atoms with Crippen molar-refractivity contribution in [3.63, 3.8) is 0 Å². The third-order valence-corrected chi connectivity index (χ3v) is 9.47. The highest BCUT2D eigenvalue weighted by Crippen LogP contribution is 2.65. The summed E-state index contributed by atoms with van der Waals surface area (Å²) in [6, 6.07) is -1.90. The van der Waals surface area contributed by atoms with E-state index in [1.165, 1.54) is 4.90 Å². The molecule has 42 heavy (non-hydrogen) atoms. The van der Waals surface area contributed by atoms with Crippen LogP contribution in [-0.2, 0) is 23.9 Å². The number of carbonyl (C=O) groups is 5. The number of likely N-dealkylation sites (tertiary alicyclic amines) is 1. The molecule has 5 amide bonds. The van der Waals surface area contributed by atoms with E-state index in [1.807, 2.05) is 41.5 Å². The first-order valence-corrected chi connectivity index (χ1v) is 15.1. The minimum atomic E-state index is -1.94. The molecule has 0 aromatic carbocycles. The van der Waals surface area contributed by atoms with Crippen molar-refractivity contribution >= 4 is 29.7 Å². The standard InChI is InChI=1S/C30H48FN5O6/c1-10-16(2)20(32-25(40)30(31)11-12-30)24(39)35-15-18-19(29(18,8)9)21(35)23(38)34-36(26(41)42-27(3,4)5)14-17-13-28(6,7)33-22(17)37/h16-21H,10-15H2,1-9H3,(H,32,40)(H,33,37)(H,34,38)/t16-,17?,18-,19-,20-,21-/m0/s1. The quantitative estimate of drug-likeness (QED) is 0.370. The van der Waals surface area contributed by atoms with E-state index in [0.29, 0.717) is 19.4 Å². The lowest BCUT2D eigenvalue weighted by Crippen LogP contribution is -2.60. The molecule has 12 heteroatoms. The number of alkyl halides is 1. The maximum absolute atomic E-state index is 14.5. The maximum atomic E-state index is 14.5. The summed E-state index contributed by atoms with van der Waals surface area (Å²) >= 11 is 0. The number of nitrogens with zero attached hydrogens (tertiary/aromatic N) is 2. The number of fused-ring (bicyclic) bond motifs is 1. The van der Waals surface area contributed by atoms with Crippen LogP contribution in [0.3, 0.4) is 0 Å². The van der Waals surface area contributed by atoms with Crippen molar-refractivity contribution in [2.24, 2.45) is 29.1 Å². The molecule has 2 saturated heterocycles. The number of rotatable bonds is 8. The fourth-order valence-corrected chi connectivity index (χ4v) is 6.53. The van der Waals surface area contributed by atoms with Gasteiger partial charge < -0.3 is 20.3 Å². The highest BCUT2D eigenvalue weighted by molar-refractivity contribution is 5.96. The van der Waals surface area contributed by atoms with Gasteiger partial charge in [-0.05, 0) is 77.0 Å². The molecule has 4 fully saturated rings. The lowest BCUT2D eigenvalue weighted by molar-refractivity contribution is -0.146. The van der Waals surface area contributed by atoms with Gasteiger partial charge in [-0.15, -0.1) is 0 Å². The number of carbonyl (C=O) groups excluding carboxylic acids is 5. The minimum Gasteiger partial charge on any atom is -0.442 e. The number of hydrazine groups is 1. The Bertz CT molecular complexity index is 1150. The summed E-state index contributed by atoms with van der Waals surface area (Å²) in [6.45, 7) is 16.9. The van der Waals surface area contributed by atoms with Crippen LogP contribution in [0.15, 0.2) is 0 Å². The second kappa shape index (κ2) is 10.7. The molecule has 11 nitrogen and oxygen atoms in total. The van der Waals surface area contributed by atoms with Crippen LogP contribution in [0.25, 0.3) is 0 Å². The van der Waals surface area contributed by atoms with Crippen LogP contribution in [0.2, 0.25) is 0 Å². The summed E-state index contributed by atoms with van der Waals surface area (Å²) in [5.74, 6) is -3.00. The average Bonchev–Trinajstić information content (AvgIpc) is 3.60. The number of halogens is 1. The Morgan fingerprint density at radius 2 is 1.79 bits per heavy atom. The molecule has 6 atom stereocenters. The van der Waals surface area contributed by atoms with Crippen LogP contribution in [0.5, 0.6) is 0 Å². The molecule has 0 radical (unpaired) electrons. The fourth-order valence-electron chi connectivity index (χ4n) is 6.53. The van der Waals surface area contributed by atoms with E-state index in [9.17, 15) is 28.4 Å². The van der Waals surface area contributed by atoms with Gasteiger partial charge in [0.25, 0.3) is 11.8 Å². The van der Waals surface area contributed by atoms with E-state index in [-0.39, 0.29) is 48.5 Å². The third-order valence-electron chi connectivity index (χ3n) is 9.47. The molecule has 4 aliphatic rings. The Hall–Kier alpha value is -2.92. The number of piperidine rings is 1. The van der Waals surface area contributed by atoms with Gasteiger partial charge in [-0.3, -0.25) is 24.6 Å². The molecule has 2 saturated carbocycles. The van der Waals surface area contributed by atoms with E-state index in [2.05, 4.69) is 16.1 Å². The van der Waals surface area contributed by atoms with Gasteiger partial charge in [-0.2, -0.15) is 0 Å². The molecule has 236 valence electrons. The van der Waals surface area contributed by atoms with Gasteiger partial charge in [-0.25, -0.2) is 14.2 Å². The van der Waals surface area contributed by atoms with Crippen molar-refractivity contribution in [2.45, 2.75) is 117 Å². The molecular formula is C30H48FN5O6. The lowest BCUT2D eigenvalue weighted by atomic mass is 9.95. The average molecular weight is 594 g/mol. The van der Waals surface area contributed by atoms with Gasteiger partial charge in [0.15, 0.2) is 5.67 Å². The first kappa shape index (κ1) is 32.0. The smallest absolute Gasteiger partial charge is 0.429 e. The molecule has 2 heterocycles. The van der Waals surface area contributed by atoms with Gasteiger partial charge in [-0.1, -0.05) is 34.1 Å². The Labute approximate surface area is 248 Å². The van der Waals surface area contributed by atoms with Gasteiger partial charge in [0.05, 0.1) is 12.5 Å². The zero-order valence-electron chi connectivity index (χ0n) is 26.4. The van der Waals surface area contributed by atoms with E-state index in [0.717, 1.165) is 5.01 Å². The van der Waals surface area contributed by atoms with Crippen molar-refractivity contribution < 1.29 is 33.1 Å². The highest BCUT2D eigenvalue weighted by Gasteiger charge is 2.70. The van der Waals surface area contributed by atoms with Crippen molar-refractivity contribution in [2.75, 3.05) is 13.1 Å². The SMILES string of the molecule is CC[C@H](C)[C@H](NC(=O)C1(F)CC1)C(=O)N1C[C@H]2[C@@H]([C@H]1C(=O)NN(CC1CC(C)(C)NC1=O)C(=O)OC(C)(C)C)C2(C)C. The number of nitrogens with one attached hydrogen (secondary N) is 3. The van der Waals surface area contributed by atoms with Crippen LogP contribution in [-0.4, -0.2) is 81.6 Å². The molecule has 2 aliphatic heterocycles. The Kier molecular flexibility index (Phi) is 8.12. The molecule has 0 aromatic rings. The van der Waals surface area contributed by atoms with E-state index in [4.69, 9.17) is 4.74 Å². The minimum absolute atomic E-state index is 0.0535. The van der Waals surface area contributed by atoms with Crippen molar-refractivity contribution in [1.29, 1.82) is 0 Å². The number of ether oxygens (including phenoxy) is 1. The molecule has 1 unspecified atom stereocenters. The van der Waals surface area contributed by atoms with Gasteiger partial charge in [0, 0.05) is 12.1 Å². The van der Waals surface area contributed by atoms with Crippen molar-refractivity contribution in [3.05, 3.63) is 0 Å². The highest BCUT2D eigenvalue weighted by atomic mass is 19.1. The molecular weight excluding hydrogens is 545 g/mol. The molecule has 0 aromatic heterocycles. The number of amides is 5. The summed E-state index contributed by atoms with van der Waals surface area (Å²) < 4.78 is 20.1.